The van der Waals surface area contributed by atoms with E-state index in [0.717, 1.165) is 43.2 Å². The molecule has 154 valence electrons. The number of methoxy groups -OCH3 is 1. The van der Waals surface area contributed by atoms with Gasteiger partial charge in [-0.15, -0.1) is 0 Å². The number of likely N-dealkylation sites (N-methyl/N-ethyl adjacent to an activating group) is 1. The Balaban J connectivity index is 1.82. The predicted molar refractivity (Wildman–Crippen MR) is 113 cm³/mol. The maximum atomic E-state index is 12.8. The van der Waals surface area contributed by atoms with Gasteiger partial charge in [0.15, 0.2) is 0 Å². The Bertz CT molecular complexity index is 780. The van der Waals surface area contributed by atoms with Gasteiger partial charge in [0.25, 0.3) is 5.91 Å². The van der Waals surface area contributed by atoms with Crippen molar-refractivity contribution in [3.8, 4) is 0 Å². The van der Waals surface area contributed by atoms with Crippen molar-refractivity contribution in [2.24, 2.45) is 5.92 Å². The quantitative estimate of drug-likeness (QED) is 0.714. The summed E-state index contributed by atoms with van der Waals surface area (Å²) in [5.41, 5.74) is 2.62. The number of aryl methyl sites for hydroxylation is 1. The van der Waals surface area contributed by atoms with E-state index in [0.29, 0.717) is 18.1 Å². The molecule has 0 atom stereocenters. The summed E-state index contributed by atoms with van der Waals surface area (Å²) in [5.74, 6) is 1.70. The third-order valence-electron chi connectivity index (χ3n) is 5.78. The number of nitrogens with zero attached hydrogens (tertiary/aromatic N) is 3. The van der Waals surface area contributed by atoms with E-state index in [9.17, 15) is 4.79 Å². The minimum absolute atomic E-state index is 0.00473. The smallest absolute Gasteiger partial charge is 0.252 e. The summed E-state index contributed by atoms with van der Waals surface area (Å²) in [6, 6.07) is 3.83. The van der Waals surface area contributed by atoms with Gasteiger partial charge in [0, 0.05) is 32.9 Å². The number of amides is 1. The van der Waals surface area contributed by atoms with Crippen LogP contribution in [0.15, 0.2) is 18.3 Å². The average molecular weight is 387 g/mol. The molecule has 0 aromatic carbocycles. The summed E-state index contributed by atoms with van der Waals surface area (Å²) in [7, 11) is 1.72. The van der Waals surface area contributed by atoms with Crippen LogP contribution >= 0.6 is 0 Å². The molecular formula is C22H34N4O2. The fourth-order valence-corrected chi connectivity index (χ4v) is 4.13. The van der Waals surface area contributed by atoms with E-state index in [1.807, 2.05) is 18.3 Å². The Hall–Kier alpha value is -2.08. The van der Waals surface area contributed by atoms with E-state index in [4.69, 9.17) is 9.72 Å². The molecule has 28 heavy (non-hydrogen) atoms. The molecule has 2 aromatic heterocycles. The van der Waals surface area contributed by atoms with Gasteiger partial charge in [-0.25, -0.2) is 4.98 Å². The molecule has 0 aliphatic heterocycles. The largest absolute Gasteiger partial charge is 0.383 e. The number of anilines is 1. The highest BCUT2D eigenvalue weighted by Crippen LogP contribution is 2.25. The third kappa shape index (κ3) is 4.66. The zero-order valence-electron chi connectivity index (χ0n) is 17.5. The Morgan fingerprint density at radius 3 is 2.75 bits per heavy atom. The van der Waals surface area contributed by atoms with Crippen LogP contribution in [0, 0.1) is 5.92 Å². The molecule has 1 N–H and O–H groups in total. The number of fused-ring (bicyclic) bond motifs is 1. The van der Waals surface area contributed by atoms with Crippen LogP contribution in [0.1, 0.15) is 62.0 Å². The molecule has 6 heteroatoms. The van der Waals surface area contributed by atoms with Crippen LogP contribution in [-0.4, -0.2) is 48.6 Å². The van der Waals surface area contributed by atoms with E-state index in [1.54, 1.807) is 7.11 Å². The Morgan fingerprint density at radius 1 is 1.29 bits per heavy atom. The molecule has 1 amide bonds. The summed E-state index contributed by atoms with van der Waals surface area (Å²) in [6.07, 6.45) is 9.16. The van der Waals surface area contributed by atoms with Crippen molar-refractivity contribution in [3.05, 3.63) is 29.6 Å². The van der Waals surface area contributed by atoms with Crippen molar-refractivity contribution in [3.63, 3.8) is 0 Å². The minimum atomic E-state index is 0.00473. The van der Waals surface area contributed by atoms with E-state index < -0.39 is 0 Å². The SMILES string of the molecule is CCc1nc2ccc(C(=O)NCC3CCCCC3)cn2c1N(CC)CCOC. The minimum Gasteiger partial charge on any atom is -0.383 e. The van der Waals surface area contributed by atoms with E-state index in [2.05, 4.69) is 28.5 Å². The lowest BCUT2D eigenvalue weighted by Gasteiger charge is -2.23. The predicted octanol–water partition coefficient (Wildman–Crippen LogP) is 3.68. The number of carbonyl (C=O) groups is 1. The lowest BCUT2D eigenvalue weighted by Crippen LogP contribution is -2.31. The van der Waals surface area contributed by atoms with Gasteiger partial charge in [-0.3, -0.25) is 9.20 Å². The Kier molecular flexibility index (Phi) is 7.31. The lowest BCUT2D eigenvalue weighted by molar-refractivity contribution is 0.0943. The molecule has 3 rings (SSSR count). The number of rotatable bonds is 9. The monoisotopic (exact) mass is 386 g/mol. The number of aromatic nitrogens is 2. The van der Waals surface area contributed by atoms with Gasteiger partial charge in [0.1, 0.15) is 11.5 Å². The summed E-state index contributed by atoms with van der Waals surface area (Å²) < 4.78 is 7.34. The van der Waals surface area contributed by atoms with E-state index in [-0.39, 0.29) is 5.91 Å². The van der Waals surface area contributed by atoms with Gasteiger partial charge in [-0.2, -0.15) is 0 Å². The van der Waals surface area contributed by atoms with Crippen molar-refractivity contribution in [2.75, 3.05) is 38.3 Å². The maximum absolute atomic E-state index is 12.8. The Morgan fingerprint density at radius 2 is 2.07 bits per heavy atom. The highest BCUT2D eigenvalue weighted by Gasteiger charge is 2.19. The highest BCUT2D eigenvalue weighted by molar-refractivity contribution is 5.94. The number of hydrogen-bond donors (Lipinski definition) is 1. The molecule has 2 heterocycles. The second kappa shape index (κ2) is 9.92. The van der Waals surface area contributed by atoms with Crippen LogP contribution in [-0.2, 0) is 11.2 Å². The fraction of sp³-hybridized carbons (Fsp3) is 0.636. The first-order chi connectivity index (χ1) is 13.7. The van der Waals surface area contributed by atoms with Gasteiger partial charge >= 0.3 is 0 Å². The summed E-state index contributed by atoms with van der Waals surface area (Å²) in [5, 5.41) is 3.14. The molecule has 0 radical (unpaired) electrons. The number of pyridine rings is 1. The molecule has 1 fully saturated rings. The van der Waals surface area contributed by atoms with Gasteiger partial charge in [-0.05, 0) is 44.2 Å². The lowest BCUT2D eigenvalue weighted by atomic mass is 9.89. The fourth-order valence-electron chi connectivity index (χ4n) is 4.13. The van der Waals surface area contributed by atoms with Gasteiger partial charge in [-0.1, -0.05) is 26.2 Å². The third-order valence-corrected chi connectivity index (χ3v) is 5.78. The molecule has 0 bridgehead atoms. The van der Waals surface area contributed by atoms with Crippen LogP contribution in [0.3, 0.4) is 0 Å². The molecule has 6 nitrogen and oxygen atoms in total. The molecule has 0 spiro atoms. The van der Waals surface area contributed by atoms with Crippen LogP contribution in [0.2, 0.25) is 0 Å². The first-order valence-corrected chi connectivity index (χ1v) is 10.7. The number of nitrogens with one attached hydrogen (secondary N) is 1. The zero-order valence-corrected chi connectivity index (χ0v) is 17.5. The summed E-state index contributed by atoms with van der Waals surface area (Å²) in [6.45, 7) is 7.35. The number of imidazole rings is 1. The first kappa shape index (κ1) is 20.6. The van der Waals surface area contributed by atoms with E-state index >= 15 is 0 Å². The molecule has 0 saturated heterocycles. The molecule has 1 aliphatic rings. The zero-order chi connectivity index (χ0) is 19.9. The normalized spacial score (nSPS) is 15.1. The van der Waals surface area contributed by atoms with Gasteiger partial charge in [0.2, 0.25) is 0 Å². The second-order valence-electron chi connectivity index (χ2n) is 7.67. The Labute approximate surface area is 168 Å². The van der Waals surface area contributed by atoms with Gasteiger partial charge in [0.05, 0.1) is 17.9 Å². The standard InChI is InChI=1S/C22H34N4O2/c1-4-19-22(25(5-2)13-14-28-3)26-16-18(11-12-20(26)24-19)21(27)23-15-17-9-7-6-8-10-17/h11-12,16-17H,4-10,13-15H2,1-3H3,(H,23,27). The van der Waals surface area contributed by atoms with E-state index in [1.165, 1.54) is 32.1 Å². The topological polar surface area (TPSA) is 58.9 Å². The summed E-state index contributed by atoms with van der Waals surface area (Å²) in [4.78, 5) is 19.8. The van der Waals surface area contributed by atoms with Crippen LogP contribution in [0.4, 0.5) is 5.82 Å². The molecule has 0 unspecified atom stereocenters. The molecule has 1 saturated carbocycles. The van der Waals surface area contributed by atoms with Crippen molar-refractivity contribution in [2.45, 2.75) is 52.4 Å². The number of carbonyl (C=O) groups excluding carboxylic acids is 1. The van der Waals surface area contributed by atoms with Crippen LogP contribution < -0.4 is 10.2 Å². The van der Waals surface area contributed by atoms with Crippen molar-refractivity contribution in [1.82, 2.24) is 14.7 Å². The average Bonchev–Trinajstić information content (AvgIpc) is 3.11. The first-order valence-electron chi connectivity index (χ1n) is 10.7. The van der Waals surface area contributed by atoms with Crippen molar-refractivity contribution >= 4 is 17.4 Å². The molecule has 1 aliphatic carbocycles. The maximum Gasteiger partial charge on any atom is 0.252 e. The van der Waals surface area contributed by atoms with Crippen molar-refractivity contribution < 1.29 is 9.53 Å². The van der Waals surface area contributed by atoms with Crippen LogP contribution in [0.25, 0.3) is 5.65 Å². The highest BCUT2D eigenvalue weighted by atomic mass is 16.5. The number of ether oxygens (including phenoxy) is 1. The van der Waals surface area contributed by atoms with Crippen molar-refractivity contribution in [1.29, 1.82) is 0 Å². The number of hydrogen-bond acceptors (Lipinski definition) is 4. The molecular weight excluding hydrogens is 352 g/mol. The van der Waals surface area contributed by atoms with Crippen LogP contribution in [0.5, 0.6) is 0 Å². The molecule has 2 aromatic rings. The summed E-state index contributed by atoms with van der Waals surface area (Å²) >= 11 is 0. The van der Waals surface area contributed by atoms with Gasteiger partial charge < -0.3 is 15.0 Å². The second-order valence-corrected chi connectivity index (χ2v) is 7.67.